The molecule has 0 saturated heterocycles. The second kappa shape index (κ2) is 2.60. The Morgan fingerprint density at radius 2 is 2.42 bits per heavy atom. The molecule has 0 aromatic carbocycles. The molecule has 0 aliphatic heterocycles. The molecule has 0 aliphatic rings. The van der Waals surface area contributed by atoms with Crippen molar-refractivity contribution >= 4 is 17.2 Å². The van der Waals surface area contributed by atoms with Crippen molar-refractivity contribution in [2.45, 2.75) is 0 Å². The third-order valence-corrected chi connectivity index (χ3v) is 1.75. The highest BCUT2D eigenvalue weighted by Crippen LogP contribution is 2.18. The van der Waals surface area contributed by atoms with Gasteiger partial charge >= 0.3 is 0 Å². The largest absolute Gasteiger partial charge is 0.491 e. The highest BCUT2D eigenvalue weighted by Gasteiger charge is 2.06. The van der Waals surface area contributed by atoms with Crippen LogP contribution in [-0.4, -0.2) is 26.7 Å². The molecule has 2 rings (SSSR count). The molecule has 0 radical (unpaired) electrons. The monoisotopic (exact) mass is 184 g/mol. The normalized spacial score (nSPS) is 10.5. The van der Waals surface area contributed by atoms with E-state index in [4.69, 9.17) is 16.3 Å². The molecule has 0 N–H and O–H groups in total. The van der Waals surface area contributed by atoms with Gasteiger partial charge in [-0.2, -0.15) is 0 Å². The van der Waals surface area contributed by atoms with E-state index in [1.807, 2.05) is 0 Å². The Hall–Kier alpha value is -1.36. The lowest BCUT2D eigenvalue weighted by atomic mass is 10.5. The van der Waals surface area contributed by atoms with Crippen LogP contribution >= 0.6 is 11.6 Å². The molecule has 2 aromatic rings. The maximum atomic E-state index is 5.74. The van der Waals surface area contributed by atoms with Gasteiger partial charge in [0, 0.05) is 0 Å². The zero-order chi connectivity index (χ0) is 8.55. The molecular weight excluding hydrogens is 180 g/mol. The summed E-state index contributed by atoms with van der Waals surface area (Å²) in [6, 6.07) is 0. The van der Waals surface area contributed by atoms with Crippen molar-refractivity contribution in [1.82, 2.24) is 19.6 Å². The lowest BCUT2D eigenvalue weighted by Gasteiger charge is -2.00. The van der Waals surface area contributed by atoms with E-state index >= 15 is 0 Å². The van der Waals surface area contributed by atoms with Crippen LogP contribution in [0.1, 0.15) is 0 Å². The van der Waals surface area contributed by atoms with Gasteiger partial charge in [0.05, 0.1) is 13.3 Å². The summed E-state index contributed by atoms with van der Waals surface area (Å²) in [6.45, 7) is 0. The summed E-state index contributed by atoms with van der Waals surface area (Å²) in [5, 5.41) is 7.81. The highest BCUT2D eigenvalue weighted by molar-refractivity contribution is 6.28. The summed E-state index contributed by atoms with van der Waals surface area (Å²) in [5.74, 6) is 0.553. The fourth-order valence-electron chi connectivity index (χ4n) is 0.914. The van der Waals surface area contributed by atoms with Gasteiger partial charge in [-0.1, -0.05) is 0 Å². The highest BCUT2D eigenvalue weighted by atomic mass is 35.5. The topological polar surface area (TPSA) is 52.3 Å². The van der Waals surface area contributed by atoms with E-state index in [0.29, 0.717) is 16.7 Å². The van der Waals surface area contributed by atoms with Crippen LogP contribution in [0.4, 0.5) is 0 Å². The summed E-state index contributed by atoms with van der Waals surface area (Å²) < 4.78 is 6.54. The number of rotatable bonds is 1. The summed E-state index contributed by atoms with van der Waals surface area (Å²) in [4.78, 5) is 3.87. The lowest BCUT2D eigenvalue weighted by molar-refractivity contribution is 0.414. The maximum Gasteiger partial charge on any atom is 0.210 e. The number of nitrogens with zero attached hydrogens (tertiary/aromatic N) is 4. The molecule has 6 heteroatoms. The van der Waals surface area contributed by atoms with Crippen molar-refractivity contribution in [3.8, 4) is 5.75 Å². The molecule has 62 valence electrons. The molecule has 12 heavy (non-hydrogen) atoms. The van der Waals surface area contributed by atoms with Crippen LogP contribution in [0.25, 0.3) is 5.65 Å². The molecule has 5 nitrogen and oxygen atoms in total. The molecule has 0 saturated carbocycles. The number of ether oxygens (including phenoxy) is 1. The number of halogens is 1. The van der Waals surface area contributed by atoms with Gasteiger partial charge in [0.2, 0.25) is 10.9 Å². The standard InChI is InChI=1S/C6H5ClN4O/c1-12-4-2-8-6(7)11-3-9-10-5(4)11/h2-3H,1H3. The van der Waals surface area contributed by atoms with Crippen molar-refractivity contribution in [2.24, 2.45) is 0 Å². The summed E-state index contributed by atoms with van der Waals surface area (Å²) in [6.07, 6.45) is 2.99. The van der Waals surface area contributed by atoms with E-state index in [1.165, 1.54) is 12.5 Å². The first-order valence-electron chi connectivity index (χ1n) is 3.21. The number of aromatic nitrogens is 4. The summed E-state index contributed by atoms with van der Waals surface area (Å²) in [7, 11) is 1.54. The second-order valence-electron chi connectivity index (χ2n) is 2.12. The van der Waals surface area contributed by atoms with Crippen LogP contribution in [-0.2, 0) is 0 Å². The van der Waals surface area contributed by atoms with Crippen LogP contribution in [0.2, 0.25) is 5.28 Å². The molecule has 0 atom stereocenters. The van der Waals surface area contributed by atoms with Crippen molar-refractivity contribution in [2.75, 3.05) is 7.11 Å². The van der Waals surface area contributed by atoms with Gasteiger partial charge in [-0.15, -0.1) is 10.2 Å². The van der Waals surface area contributed by atoms with Crippen LogP contribution in [0.5, 0.6) is 5.75 Å². The molecule has 0 unspecified atom stereocenters. The van der Waals surface area contributed by atoms with E-state index < -0.39 is 0 Å². The van der Waals surface area contributed by atoms with Crippen molar-refractivity contribution in [3.63, 3.8) is 0 Å². The molecule has 2 aromatic heterocycles. The number of methoxy groups -OCH3 is 1. The predicted octanol–water partition coefficient (Wildman–Crippen LogP) is 0.786. The first-order valence-corrected chi connectivity index (χ1v) is 3.59. The third kappa shape index (κ3) is 0.902. The minimum atomic E-state index is 0.316. The molecule has 0 aliphatic carbocycles. The van der Waals surface area contributed by atoms with E-state index in [2.05, 4.69) is 15.2 Å². The lowest BCUT2D eigenvalue weighted by Crippen LogP contribution is -1.93. The number of fused-ring (bicyclic) bond motifs is 1. The SMILES string of the molecule is COc1cnc(Cl)n2cnnc12. The Kier molecular flexibility index (Phi) is 1.58. The molecule has 0 bridgehead atoms. The first-order chi connectivity index (χ1) is 5.83. The van der Waals surface area contributed by atoms with E-state index in [9.17, 15) is 0 Å². The van der Waals surface area contributed by atoms with E-state index in [1.54, 1.807) is 11.5 Å². The number of hydrogen-bond acceptors (Lipinski definition) is 4. The third-order valence-electron chi connectivity index (χ3n) is 1.48. The van der Waals surface area contributed by atoms with Crippen LogP contribution in [0, 0.1) is 0 Å². The zero-order valence-corrected chi connectivity index (χ0v) is 6.99. The quantitative estimate of drug-likeness (QED) is 0.615. The Morgan fingerprint density at radius 1 is 1.58 bits per heavy atom. The molecule has 0 fully saturated rings. The van der Waals surface area contributed by atoms with E-state index in [-0.39, 0.29) is 0 Å². The Bertz CT molecular complexity index is 413. The van der Waals surface area contributed by atoms with Crippen molar-refractivity contribution in [3.05, 3.63) is 17.8 Å². The maximum absolute atomic E-state index is 5.74. The van der Waals surface area contributed by atoms with Crippen LogP contribution in [0.15, 0.2) is 12.5 Å². The van der Waals surface area contributed by atoms with Gasteiger partial charge < -0.3 is 4.74 Å². The molecular formula is C6H5ClN4O. The average Bonchev–Trinajstić information content (AvgIpc) is 2.54. The average molecular weight is 185 g/mol. The van der Waals surface area contributed by atoms with Crippen molar-refractivity contribution < 1.29 is 4.74 Å². The van der Waals surface area contributed by atoms with Gasteiger partial charge in [0.15, 0.2) is 5.75 Å². The minimum Gasteiger partial charge on any atom is -0.491 e. The van der Waals surface area contributed by atoms with Gasteiger partial charge in [-0.3, -0.25) is 4.40 Å². The Morgan fingerprint density at radius 3 is 3.17 bits per heavy atom. The molecule has 2 heterocycles. The van der Waals surface area contributed by atoms with Gasteiger partial charge in [-0.25, -0.2) is 4.98 Å². The Balaban J connectivity index is 2.82. The fraction of sp³-hybridized carbons (Fsp3) is 0.167. The Labute approximate surface area is 73.0 Å². The van der Waals surface area contributed by atoms with Crippen molar-refractivity contribution in [1.29, 1.82) is 0 Å². The smallest absolute Gasteiger partial charge is 0.210 e. The first kappa shape index (κ1) is 7.30. The van der Waals surface area contributed by atoms with Gasteiger partial charge in [0.25, 0.3) is 0 Å². The number of hydrogen-bond donors (Lipinski definition) is 0. The van der Waals surface area contributed by atoms with Gasteiger partial charge in [-0.05, 0) is 11.6 Å². The fourth-order valence-corrected chi connectivity index (χ4v) is 1.09. The predicted molar refractivity (Wildman–Crippen MR) is 42.3 cm³/mol. The van der Waals surface area contributed by atoms with Gasteiger partial charge in [0.1, 0.15) is 6.33 Å². The second-order valence-corrected chi connectivity index (χ2v) is 2.46. The summed E-state index contributed by atoms with van der Waals surface area (Å²) >= 11 is 5.74. The van der Waals surface area contributed by atoms with Crippen LogP contribution < -0.4 is 4.74 Å². The van der Waals surface area contributed by atoms with Crippen LogP contribution in [0.3, 0.4) is 0 Å². The zero-order valence-electron chi connectivity index (χ0n) is 6.23. The molecule has 0 spiro atoms. The van der Waals surface area contributed by atoms with E-state index in [0.717, 1.165) is 0 Å². The minimum absolute atomic E-state index is 0.316. The molecule has 0 amide bonds. The summed E-state index contributed by atoms with van der Waals surface area (Å²) in [5.41, 5.74) is 0.567.